The van der Waals surface area contributed by atoms with Gasteiger partial charge in [-0.25, -0.2) is 9.82 Å². The number of hydrazine groups is 1. The molecule has 1 aliphatic rings. The van der Waals surface area contributed by atoms with Gasteiger partial charge in [0.15, 0.2) is 0 Å². The summed E-state index contributed by atoms with van der Waals surface area (Å²) in [6.45, 7) is 0. The molecule has 2 nitrogen and oxygen atoms in total. The van der Waals surface area contributed by atoms with Gasteiger partial charge in [0.25, 0.3) is 0 Å². The molecular formula is C17H19FN2. The van der Waals surface area contributed by atoms with E-state index < -0.39 is 0 Å². The van der Waals surface area contributed by atoms with Crippen LogP contribution in [0.4, 0.5) is 4.39 Å². The van der Waals surface area contributed by atoms with Crippen LogP contribution in [-0.2, 0) is 0 Å². The Morgan fingerprint density at radius 3 is 1.95 bits per heavy atom. The molecule has 3 heteroatoms. The fourth-order valence-corrected chi connectivity index (χ4v) is 2.74. The first kappa shape index (κ1) is 13.3. The molecule has 20 heavy (non-hydrogen) atoms. The van der Waals surface area contributed by atoms with E-state index in [1.54, 1.807) is 12.1 Å². The third-order valence-corrected chi connectivity index (χ3v) is 4.22. The molecule has 1 atom stereocenters. The molecule has 2 aromatic rings. The lowest BCUT2D eigenvalue weighted by atomic mass is 9.79. The van der Waals surface area contributed by atoms with Gasteiger partial charge < -0.3 is 0 Å². The summed E-state index contributed by atoms with van der Waals surface area (Å²) < 4.78 is 13.0. The van der Waals surface area contributed by atoms with Gasteiger partial charge in [0, 0.05) is 0 Å². The molecule has 3 rings (SSSR count). The second-order valence-corrected chi connectivity index (χ2v) is 5.45. The highest BCUT2D eigenvalue weighted by Crippen LogP contribution is 2.36. The number of rotatable bonds is 4. The molecule has 1 aliphatic carbocycles. The Balaban J connectivity index is 1.83. The van der Waals surface area contributed by atoms with E-state index in [1.807, 2.05) is 0 Å². The number of hydrogen-bond acceptors (Lipinski definition) is 2. The van der Waals surface area contributed by atoms with Gasteiger partial charge in [-0.15, -0.1) is 0 Å². The Kier molecular flexibility index (Phi) is 3.81. The van der Waals surface area contributed by atoms with Gasteiger partial charge >= 0.3 is 0 Å². The highest BCUT2D eigenvalue weighted by molar-refractivity contribution is 5.34. The Morgan fingerprint density at radius 2 is 1.50 bits per heavy atom. The molecule has 0 bridgehead atoms. The summed E-state index contributed by atoms with van der Waals surface area (Å²) in [6.07, 6.45) is 3.95. The van der Waals surface area contributed by atoms with Crippen molar-refractivity contribution in [2.24, 2.45) is 5.84 Å². The zero-order valence-corrected chi connectivity index (χ0v) is 11.4. The van der Waals surface area contributed by atoms with Crippen LogP contribution in [-0.4, -0.2) is 0 Å². The predicted molar refractivity (Wildman–Crippen MR) is 78.6 cm³/mol. The molecule has 0 aliphatic heterocycles. The van der Waals surface area contributed by atoms with Crippen molar-refractivity contribution in [2.45, 2.75) is 31.2 Å². The predicted octanol–water partition coefficient (Wildman–Crippen LogP) is 3.65. The second kappa shape index (κ2) is 5.73. The summed E-state index contributed by atoms with van der Waals surface area (Å²) in [6, 6.07) is 14.9. The summed E-state index contributed by atoms with van der Waals surface area (Å²) >= 11 is 0. The highest BCUT2D eigenvalue weighted by Gasteiger charge is 2.20. The van der Waals surface area contributed by atoms with E-state index in [0.29, 0.717) is 0 Å². The lowest BCUT2D eigenvalue weighted by molar-refractivity contribution is 0.419. The van der Waals surface area contributed by atoms with Crippen molar-refractivity contribution in [2.75, 3.05) is 0 Å². The van der Waals surface area contributed by atoms with Gasteiger partial charge in [-0.1, -0.05) is 42.8 Å². The van der Waals surface area contributed by atoms with Gasteiger partial charge in [0.1, 0.15) is 5.82 Å². The quantitative estimate of drug-likeness (QED) is 0.657. The second-order valence-electron chi connectivity index (χ2n) is 5.45. The minimum Gasteiger partial charge on any atom is -0.271 e. The van der Waals surface area contributed by atoms with Crippen molar-refractivity contribution in [1.82, 2.24) is 5.43 Å². The van der Waals surface area contributed by atoms with Crippen molar-refractivity contribution in [3.63, 3.8) is 0 Å². The summed E-state index contributed by atoms with van der Waals surface area (Å²) in [5, 5.41) is 0. The normalized spacial score (nSPS) is 16.7. The van der Waals surface area contributed by atoms with Crippen LogP contribution >= 0.6 is 0 Å². The SMILES string of the molecule is NNC(c1ccc(F)cc1)c1ccc(C2CCC2)cc1. The third kappa shape index (κ3) is 2.60. The number of nitrogens with two attached hydrogens (primary N) is 1. The van der Waals surface area contributed by atoms with Gasteiger partial charge in [0.2, 0.25) is 0 Å². The van der Waals surface area contributed by atoms with Crippen molar-refractivity contribution in [3.05, 3.63) is 71.0 Å². The number of hydrogen-bond donors (Lipinski definition) is 2. The third-order valence-electron chi connectivity index (χ3n) is 4.22. The standard InChI is InChI=1S/C17H19FN2/c18-16-10-8-15(9-11-16)17(20-19)14-6-4-13(5-7-14)12-2-1-3-12/h4-12,17,20H,1-3,19H2. The van der Waals surface area contributed by atoms with E-state index in [9.17, 15) is 4.39 Å². The van der Waals surface area contributed by atoms with Crippen LogP contribution in [0.1, 0.15) is 47.9 Å². The van der Waals surface area contributed by atoms with E-state index in [2.05, 4.69) is 29.7 Å². The maximum atomic E-state index is 13.0. The van der Waals surface area contributed by atoms with Gasteiger partial charge in [-0.05, 0) is 47.6 Å². The summed E-state index contributed by atoms with van der Waals surface area (Å²) in [5.41, 5.74) is 6.28. The summed E-state index contributed by atoms with van der Waals surface area (Å²) in [5.74, 6) is 6.17. The van der Waals surface area contributed by atoms with E-state index >= 15 is 0 Å². The molecule has 3 N–H and O–H groups in total. The zero-order chi connectivity index (χ0) is 13.9. The Morgan fingerprint density at radius 1 is 0.950 bits per heavy atom. The molecule has 0 spiro atoms. The van der Waals surface area contributed by atoms with Crippen molar-refractivity contribution in [3.8, 4) is 0 Å². The molecule has 0 radical (unpaired) electrons. The summed E-state index contributed by atoms with van der Waals surface area (Å²) in [7, 11) is 0. The molecule has 104 valence electrons. The number of benzene rings is 2. The Bertz CT molecular complexity index is 559. The van der Waals surface area contributed by atoms with Gasteiger partial charge in [0.05, 0.1) is 6.04 Å². The molecule has 0 saturated heterocycles. The maximum absolute atomic E-state index is 13.0. The van der Waals surface area contributed by atoms with Gasteiger partial charge in [-0.2, -0.15) is 0 Å². The van der Waals surface area contributed by atoms with Crippen LogP contribution in [0.25, 0.3) is 0 Å². The van der Waals surface area contributed by atoms with E-state index in [0.717, 1.165) is 17.0 Å². The monoisotopic (exact) mass is 270 g/mol. The first-order valence-electron chi connectivity index (χ1n) is 7.09. The average molecular weight is 270 g/mol. The van der Waals surface area contributed by atoms with Crippen molar-refractivity contribution < 1.29 is 4.39 Å². The van der Waals surface area contributed by atoms with E-state index in [-0.39, 0.29) is 11.9 Å². The van der Waals surface area contributed by atoms with E-state index in [1.165, 1.54) is 37.0 Å². The summed E-state index contributed by atoms with van der Waals surface area (Å²) in [4.78, 5) is 0. The Hall–Kier alpha value is -1.71. The fourth-order valence-electron chi connectivity index (χ4n) is 2.74. The zero-order valence-electron chi connectivity index (χ0n) is 11.4. The topological polar surface area (TPSA) is 38.0 Å². The number of halogens is 1. The molecular weight excluding hydrogens is 251 g/mol. The number of nitrogens with one attached hydrogen (secondary N) is 1. The highest BCUT2D eigenvalue weighted by atomic mass is 19.1. The lowest BCUT2D eigenvalue weighted by Crippen LogP contribution is -2.28. The first-order chi connectivity index (χ1) is 9.78. The van der Waals surface area contributed by atoms with Crippen LogP contribution in [0.15, 0.2) is 48.5 Å². The smallest absolute Gasteiger partial charge is 0.123 e. The molecule has 0 aromatic heterocycles. The van der Waals surface area contributed by atoms with Gasteiger partial charge in [-0.3, -0.25) is 5.84 Å². The Labute approximate surface area is 118 Å². The maximum Gasteiger partial charge on any atom is 0.123 e. The first-order valence-corrected chi connectivity index (χ1v) is 7.09. The van der Waals surface area contributed by atoms with Crippen LogP contribution in [0.3, 0.4) is 0 Å². The van der Waals surface area contributed by atoms with Crippen LogP contribution in [0.5, 0.6) is 0 Å². The van der Waals surface area contributed by atoms with Crippen LogP contribution in [0, 0.1) is 5.82 Å². The molecule has 0 amide bonds. The van der Waals surface area contributed by atoms with Crippen molar-refractivity contribution >= 4 is 0 Å². The average Bonchev–Trinajstić information content (AvgIpc) is 2.42. The lowest BCUT2D eigenvalue weighted by Gasteiger charge is -2.26. The van der Waals surface area contributed by atoms with Crippen LogP contribution < -0.4 is 11.3 Å². The molecule has 1 saturated carbocycles. The molecule has 1 unspecified atom stereocenters. The fraction of sp³-hybridized carbons (Fsp3) is 0.294. The van der Waals surface area contributed by atoms with Crippen LogP contribution in [0.2, 0.25) is 0 Å². The molecule has 0 heterocycles. The minimum absolute atomic E-state index is 0.106. The molecule has 1 fully saturated rings. The van der Waals surface area contributed by atoms with Crippen molar-refractivity contribution in [1.29, 1.82) is 0 Å². The minimum atomic E-state index is -0.232. The largest absolute Gasteiger partial charge is 0.271 e. The molecule has 2 aromatic carbocycles. The van der Waals surface area contributed by atoms with E-state index in [4.69, 9.17) is 5.84 Å².